The van der Waals surface area contributed by atoms with Crippen molar-refractivity contribution in [3.63, 3.8) is 0 Å². The maximum Gasteiger partial charge on any atom is 0.253 e. The van der Waals surface area contributed by atoms with Crippen molar-refractivity contribution in [1.29, 1.82) is 0 Å². The molecule has 2 aromatic rings. The van der Waals surface area contributed by atoms with Crippen molar-refractivity contribution in [2.75, 3.05) is 0 Å². The second kappa shape index (κ2) is 5.37. The normalized spacial score (nSPS) is 10.3. The van der Waals surface area contributed by atoms with Crippen LogP contribution in [0.1, 0.15) is 20.9 Å². The largest absolute Gasteiger partial charge is 0.508 e. The standard InChI is InChI=1S/C12H11ClN2O2S/c1-7-11(18-6-15-7)5-14-12(17)9-4-8(16)2-3-10(9)13/h2-4,6,16H,5H2,1H3,(H,14,17). The predicted octanol–water partition coefficient (Wildman–Crippen LogP) is 2.74. The van der Waals surface area contributed by atoms with Gasteiger partial charge >= 0.3 is 0 Å². The summed E-state index contributed by atoms with van der Waals surface area (Å²) in [5.74, 6) is -0.303. The molecule has 0 aliphatic rings. The molecule has 0 aliphatic carbocycles. The molecule has 0 radical (unpaired) electrons. The summed E-state index contributed by atoms with van der Waals surface area (Å²) in [6, 6.07) is 4.27. The minimum Gasteiger partial charge on any atom is -0.508 e. The number of aryl methyl sites for hydroxylation is 1. The number of benzene rings is 1. The summed E-state index contributed by atoms with van der Waals surface area (Å²) in [5, 5.41) is 12.4. The number of nitrogens with one attached hydrogen (secondary N) is 1. The molecule has 0 saturated heterocycles. The first kappa shape index (κ1) is 12.9. The highest BCUT2D eigenvalue weighted by Gasteiger charge is 2.11. The topological polar surface area (TPSA) is 62.2 Å². The summed E-state index contributed by atoms with van der Waals surface area (Å²) in [7, 11) is 0. The van der Waals surface area contributed by atoms with Crippen molar-refractivity contribution in [3.05, 3.63) is 44.9 Å². The van der Waals surface area contributed by atoms with Gasteiger partial charge in [0.15, 0.2) is 0 Å². The second-order valence-electron chi connectivity index (χ2n) is 3.71. The number of phenols is 1. The Morgan fingerprint density at radius 2 is 2.33 bits per heavy atom. The SMILES string of the molecule is Cc1ncsc1CNC(=O)c1cc(O)ccc1Cl. The molecule has 1 aromatic carbocycles. The Morgan fingerprint density at radius 3 is 3.00 bits per heavy atom. The van der Waals surface area contributed by atoms with Gasteiger partial charge in [0.2, 0.25) is 0 Å². The molecule has 0 aliphatic heterocycles. The highest BCUT2D eigenvalue weighted by molar-refractivity contribution is 7.09. The number of hydrogen-bond donors (Lipinski definition) is 2. The molecule has 0 saturated carbocycles. The van der Waals surface area contributed by atoms with E-state index in [0.29, 0.717) is 11.6 Å². The number of nitrogens with zero attached hydrogens (tertiary/aromatic N) is 1. The highest BCUT2D eigenvalue weighted by Crippen LogP contribution is 2.21. The molecule has 1 heterocycles. The fourth-order valence-corrected chi connectivity index (χ4v) is 2.36. The van der Waals surface area contributed by atoms with Gasteiger partial charge in [-0.3, -0.25) is 4.79 Å². The Balaban J connectivity index is 2.08. The van der Waals surface area contributed by atoms with Crippen LogP contribution in [0.3, 0.4) is 0 Å². The van der Waals surface area contributed by atoms with E-state index in [0.717, 1.165) is 10.6 Å². The molecular weight excluding hydrogens is 272 g/mol. The first-order valence-electron chi connectivity index (χ1n) is 5.23. The van der Waals surface area contributed by atoms with E-state index in [1.54, 1.807) is 5.51 Å². The van der Waals surface area contributed by atoms with Crippen molar-refractivity contribution < 1.29 is 9.90 Å². The number of carbonyl (C=O) groups is 1. The number of amides is 1. The molecule has 18 heavy (non-hydrogen) atoms. The minimum atomic E-state index is -0.316. The predicted molar refractivity (Wildman–Crippen MR) is 71.1 cm³/mol. The zero-order chi connectivity index (χ0) is 13.1. The number of halogens is 1. The monoisotopic (exact) mass is 282 g/mol. The lowest BCUT2D eigenvalue weighted by atomic mass is 10.2. The van der Waals surface area contributed by atoms with Gasteiger partial charge in [0.05, 0.1) is 28.3 Å². The summed E-state index contributed by atoms with van der Waals surface area (Å²) in [6.07, 6.45) is 0. The minimum absolute atomic E-state index is 0.0125. The molecule has 1 amide bonds. The third-order valence-corrected chi connectivity index (χ3v) is 3.71. The number of carbonyl (C=O) groups excluding carboxylic acids is 1. The molecule has 94 valence electrons. The lowest BCUT2D eigenvalue weighted by Crippen LogP contribution is -2.23. The molecule has 2 N–H and O–H groups in total. The van der Waals surface area contributed by atoms with E-state index < -0.39 is 0 Å². The number of thiazole rings is 1. The van der Waals surface area contributed by atoms with Gasteiger partial charge < -0.3 is 10.4 Å². The molecule has 0 spiro atoms. The molecule has 2 rings (SSSR count). The molecule has 0 fully saturated rings. The van der Waals surface area contributed by atoms with Crippen molar-refractivity contribution in [2.45, 2.75) is 13.5 Å². The lowest BCUT2D eigenvalue weighted by molar-refractivity contribution is 0.0951. The summed E-state index contributed by atoms with van der Waals surface area (Å²) in [6.45, 7) is 2.29. The van der Waals surface area contributed by atoms with Crippen LogP contribution in [0.15, 0.2) is 23.7 Å². The van der Waals surface area contributed by atoms with Gasteiger partial charge in [-0.05, 0) is 25.1 Å². The van der Waals surface area contributed by atoms with E-state index in [4.69, 9.17) is 11.6 Å². The van der Waals surface area contributed by atoms with Gasteiger partial charge in [-0.25, -0.2) is 4.98 Å². The average Bonchev–Trinajstić information content (AvgIpc) is 2.75. The highest BCUT2D eigenvalue weighted by atomic mass is 35.5. The molecule has 4 nitrogen and oxygen atoms in total. The number of aromatic hydroxyl groups is 1. The van der Waals surface area contributed by atoms with E-state index in [1.165, 1.54) is 29.5 Å². The quantitative estimate of drug-likeness (QED) is 0.910. The molecule has 6 heteroatoms. The van der Waals surface area contributed by atoms with Crippen LogP contribution < -0.4 is 5.32 Å². The van der Waals surface area contributed by atoms with Crippen LogP contribution in [0.4, 0.5) is 0 Å². The van der Waals surface area contributed by atoms with Crippen LogP contribution in [-0.4, -0.2) is 16.0 Å². The Morgan fingerprint density at radius 1 is 1.56 bits per heavy atom. The number of rotatable bonds is 3. The molecule has 0 bridgehead atoms. The maximum atomic E-state index is 11.9. The van der Waals surface area contributed by atoms with Crippen molar-refractivity contribution in [3.8, 4) is 5.75 Å². The van der Waals surface area contributed by atoms with Crippen LogP contribution >= 0.6 is 22.9 Å². The summed E-state index contributed by atoms with van der Waals surface area (Å²) >= 11 is 7.39. The number of aromatic nitrogens is 1. The van der Waals surface area contributed by atoms with Crippen molar-refractivity contribution in [2.24, 2.45) is 0 Å². The van der Waals surface area contributed by atoms with E-state index in [9.17, 15) is 9.90 Å². The Kier molecular flexibility index (Phi) is 3.84. The van der Waals surface area contributed by atoms with Crippen LogP contribution in [0.25, 0.3) is 0 Å². The Hall–Kier alpha value is -1.59. The fourth-order valence-electron chi connectivity index (χ4n) is 1.44. The first-order chi connectivity index (χ1) is 8.58. The third kappa shape index (κ3) is 2.80. The third-order valence-electron chi connectivity index (χ3n) is 2.45. The smallest absolute Gasteiger partial charge is 0.253 e. The maximum absolute atomic E-state index is 11.9. The molecule has 0 atom stereocenters. The van der Waals surface area contributed by atoms with Crippen molar-refractivity contribution in [1.82, 2.24) is 10.3 Å². The van der Waals surface area contributed by atoms with Crippen LogP contribution in [-0.2, 0) is 6.54 Å². The van der Waals surface area contributed by atoms with Gasteiger partial charge in [-0.2, -0.15) is 0 Å². The van der Waals surface area contributed by atoms with Gasteiger partial charge in [0.25, 0.3) is 5.91 Å². The average molecular weight is 283 g/mol. The summed E-state index contributed by atoms with van der Waals surface area (Å²) < 4.78 is 0. The fraction of sp³-hybridized carbons (Fsp3) is 0.167. The Labute approximate surface area is 113 Å². The molecular formula is C12H11ClN2O2S. The summed E-state index contributed by atoms with van der Waals surface area (Å²) in [4.78, 5) is 17.0. The van der Waals surface area contributed by atoms with Crippen LogP contribution in [0.5, 0.6) is 5.75 Å². The number of phenolic OH excluding ortho intramolecular Hbond substituents is 1. The zero-order valence-electron chi connectivity index (χ0n) is 9.61. The zero-order valence-corrected chi connectivity index (χ0v) is 11.2. The van der Waals surface area contributed by atoms with Crippen LogP contribution in [0, 0.1) is 6.92 Å². The van der Waals surface area contributed by atoms with Gasteiger partial charge in [0, 0.05) is 4.88 Å². The first-order valence-corrected chi connectivity index (χ1v) is 6.49. The Bertz CT molecular complexity index is 583. The van der Waals surface area contributed by atoms with E-state index in [1.807, 2.05) is 6.92 Å². The van der Waals surface area contributed by atoms with Gasteiger partial charge in [-0.15, -0.1) is 11.3 Å². The summed E-state index contributed by atoms with van der Waals surface area (Å²) in [5.41, 5.74) is 2.90. The molecule has 0 unspecified atom stereocenters. The van der Waals surface area contributed by atoms with Crippen molar-refractivity contribution >= 4 is 28.8 Å². The van der Waals surface area contributed by atoms with Crippen LogP contribution in [0.2, 0.25) is 5.02 Å². The lowest BCUT2D eigenvalue weighted by Gasteiger charge is -2.06. The van der Waals surface area contributed by atoms with E-state index in [-0.39, 0.29) is 17.2 Å². The van der Waals surface area contributed by atoms with E-state index >= 15 is 0 Å². The van der Waals surface area contributed by atoms with Gasteiger partial charge in [0.1, 0.15) is 5.75 Å². The second-order valence-corrected chi connectivity index (χ2v) is 5.05. The molecule has 1 aromatic heterocycles. The van der Waals surface area contributed by atoms with E-state index in [2.05, 4.69) is 10.3 Å². The number of hydrogen-bond acceptors (Lipinski definition) is 4. The van der Waals surface area contributed by atoms with Gasteiger partial charge in [-0.1, -0.05) is 11.6 Å².